The molecular weight excluding hydrogens is 404 g/mol. The molecule has 0 saturated carbocycles. The SMILES string of the molecule is CCCCC/C=C\CCCCCCCC(=O)O[C@H](CO)COC(=O)CCCCCCCC. The second-order valence-electron chi connectivity index (χ2n) is 8.77. The number of rotatable bonds is 23. The van der Waals surface area contributed by atoms with Crippen LogP contribution in [-0.2, 0) is 19.1 Å². The molecule has 5 nitrogen and oxygen atoms in total. The molecule has 0 aliphatic heterocycles. The predicted octanol–water partition coefficient (Wildman–Crippen LogP) is 7.05. The number of ether oxygens (including phenoxy) is 2. The summed E-state index contributed by atoms with van der Waals surface area (Å²) in [5, 5.41) is 9.38. The van der Waals surface area contributed by atoms with Crippen LogP contribution < -0.4 is 0 Å². The number of allylic oxidation sites excluding steroid dienone is 2. The summed E-state index contributed by atoms with van der Waals surface area (Å²) in [7, 11) is 0. The van der Waals surface area contributed by atoms with Gasteiger partial charge in [-0.2, -0.15) is 0 Å². The maximum absolute atomic E-state index is 12.0. The Labute approximate surface area is 197 Å². The maximum atomic E-state index is 12.0. The van der Waals surface area contributed by atoms with Crippen molar-refractivity contribution in [3.63, 3.8) is 0 Å². The van der Waals surface area contributed by atoms with Crippen LogP contribution in [0.3, 0.4) is 0 Å². The molecule has 1 N–H and O–H groups in total. The van der Waals surface area contributed by atoms with Crippen LogP contribution in [0.2, 0.25) is 0 Å². The summed E-state index contributed by atoms with van der Waals surface area (Å²) >= 11 is 0. The van der Waals surface area contributed by atoms with Crippen molar-refractivity contribution in [3.05, 3.63) is 12.2 Å². The molecule has 5 heteroatoms. The zero-order chi connectivity index (χ0) is 23.7. The van der Waals surface area contributed by atoms with Gasteiger partial charge in [-0.05, 0) is 38.5 Å². The molecule has 0 bridgehead atoms. The monoisotopic (exact) mass is 454 g/mol. The van der Waals surface area contributed by atoms with Crippen LogP contribution in [0.1, 0.15) is 129 Å². The van der Waals surface area contributed by atoms with Gasteiger partial charge in [-0.15, -0.1) is 0 Å². The van der Waals surface area contributed by atoms with Gasteiger partial charge >= 0.3 is 11.9 Å². The molecule has 0 aromatic heterocycles. The van der Waals surface area contributed by atoms with E-state index in [1.54, 1.807) is 0 Å². The van der Waals surface area contributed by atoms with Crippen LogP contribution in [0.4, 0.5) is 0 Å². The van der Waals surface area contributed by atoms with Gasteiger partial charge in [0.15, 0.2) is 6.10 Å². The van der Waals surface area contributed by atoms with E-state index >= 15 is 0 Å². The van der Waals surface area contributed by atoms with E-state index in [9.17, 15) is 14.7 Å². The van der Waals surface area contributed by atoms with E-state index < -0.39 is 6.10 Å². The van der Waals surface area contributed by atoms with Gasteiger partial charge in [0, 0.05) is 12.8 Å². The molecule has 0 aliphatic carbocycles. The molecule has 0 aromatic carbocycles. The minimum Gasteiger partial charge on any atom is -0.462 e. The number of aliphatic hydroxyl groups is 1. The fraction of sp³-hybridized carbons (Fsp3) is 0.852. The molecule has 0 saturated heterocycles. The highest BCUT2D eigenvalue weighted by Gasteiger charge is 2.16. The molecule has 0 aliphatic rings. The van der Waals surface area contributed by atoms with Crippen LogP contribution in [0.5, 0.6) is 0 Å². The van der Waals surface area contributed by atoms with Gasteiger partial charge in [0.2, 0.25) is 0 Å². The lowest BCUT2D eigenvalue weighted by atomic mass is 10.1. The Hall–Kier alpha value is -1.36. The van der Waals surface area contributed by atoms with Crippen molar-refractivity contribution >= 4 is 11.9 Å². The third kappa shape index (κ3) is 21.9. The Morgan fingerprint density at radius 2 is 1.16 bits per heavy atom. The first kappa shape index (κ1) is 30.6. The molecule has 188 valence electrons. The summed E-state index contributed by atoms with van der Waals surface area (Å²) in [6.07, 6.45) is 22.7. The van der Waals surface area contributed by atoms with E-state index in [1.807, 2.05) is 0 Å². The quantitative estimate of drug-likeness (QED) is 0.102. The summed E-state index contributed by atoms with van der Waals surface area (Å²) in [6, 6.07) is 0. The third-order valence-corrected chi connectivity index (χ3v) is 5.56. The molecule has 0 radical (unpaired) electrons. The van der Waals surface area contributed by atoms with Crippen LogP contribution in [-0.4, -0.2) is 36.4 Å². The number of aliphatic hydroxyl groups excluding tert-OH is 1. The molecule has 0 fully saturated rings. The van der Waals surface area contributed by atoms with Crippen molar-refractivity contribution in [2.75, 3.05) is 13.2 Å². The Morgan fingerprint density at radius 3 is 1.75 bits per heavy atom. The van der Waals surface area contributed by atoms with Crippen LogP contribution in [0, 0.1) is 0 Å². The number of unbranched alkanes of at least 4 members (excludes halogenated alkanes) is 13. The zero-order valence-electron chi connectivity index (χ0n) is 21.0. The maximum Gasteiger partial charge on any atom is 0.306 e. The summed E-state index contributed by atoms with van der Waals surface area (Å²) in [4.78, 5) is 23.7. The lowest BCUT2D eigenvalue weighted by molar-refractivity contribution is -0.161. The second kappa shape index (κ2) is 24.3. The summed E-state index contributed by atoms with van der Waals surface area (Å²) in [5.74, 6) is -0.614. The lowest BCUT2D eigenvalue weighted by Gasteiger charge is -2.15. The number of esters is 2. The average Bonchev–Trinajstić information content (AvgIpc) is 2.79. The van der Waals surface area contributed by atoms with Crippen molar-refractivity contribution in [2.24, 2.45) is 0 Å². The molecule has 0 aromatic rings. The Kier molecular flexibility index (Phi) is 23.3. The van der Waals surface area contributed by atoms with Crippen molar-refractivity contribution in [3.8, 4) is 0 Å². The minimum atomic E-state index is -0.764. The van der Waals surface area contributed by atoms with Crippen LogP contribution in [0.25, 0.3) is 0 Å². The molecule has 0 heterocycles. The van der Waals surface area contributed by atoms with Gasteiger partial charge in [-0.3, -0.25) is 9.59 Å². The highest BCUT2D eigenvalue weighted by atomic mass is 16.6. The Bertz CT molecular complexity index is 461. The molecule has 0 amide bonds. The largest absolute Gasteiger partial charge is 0.462 e. The molecular formula is C27H50O5. The van der Waals surface area contributed by atoms with Gasteiger partial charge in [0.05, 0.1) is 6.61 Å². The Balaban J connectivity index is 3.63. The number of carbonyl (C=O) groups excluding carboxylic acids is 2. The van der Waals surface area contributed by atoms with Gasteiger partial charge in [0.1, 0.15) is 6.61 Å². The van der Waals surface area contributed by atoms with E-state index in [1.165, 1.54) is 57.8 Å². The molecule has 0 rings (SSSR count). The molecule has 0 unspecified atom stereocenters. The summed E-state index contributed by atoms with van der Waals surface area (Å²) in [5.41, 5.74) is 0. The Morgan fingerprint density at radius 1 is 0.688 bits per heavy atom. The van der Waals surface area contributed by atoms with Crippen molar-refractivity contribution in [2.45, 2.75) is 136 Å². The van der Waals surface area contributed by atoms with Gasteiger partial charge in [-0.25, -0.2) is 0 Å². The fourth-order valence-electron chi connectivity index (χ4n) is 3.49. The highest BCUT2D eigenvalue weighted by Crippen LogP contribution is 2.10. The standard InChI is InChI=1S/C27H50O5/c1-3-5-7-9-11-12-13-14-15-16-18-20-22-27(30)32-25(23-28)24-31-26(29)21-19-17-10-8-6-4-2/h11-12,25,28H,3-10,13-24H2,1-2H3/b12-11-/t25-/m1/s1. The first-order chi connectivity index (χ1) is 15.6. The molecule has 0 spiro atoms. The molecule has 32 heavy (non-hydrogen) atoms. The third-order valence-electron chi connectivity index (χ3n) is 5.56. The number of hydrogen-bond donors (Lipinski definition) is 1. The first-order valence-electron chi connectivity index (χ1n) is 13.2. The molecule has 1 atom stereocenters. The second-order valence-corrected chi connectivity index (χ2v) is 8.77. The minimum absolute atomic E-state index is 0.0666. The van der Waals surface area contributed by atoms with E-state index in [-0.39, 0.29) is 25.2 Å². The van der Waals surface area contributed by atoms with E-state index in [4.69, 9.17) is 9.47 Å². The van der Waals surface area contributed by atoms with Crippen molar-refractivity contribution in [1.29, 1.82) is 0 Å². The van der Waals surface area contributed by atoms with Gasteiger partial charge < -0.3 is 14.6 Å². The zero-order valence-corrected chi connectivity index (χ0v) is 21.0. The topological polar surface area (TPSA) is 72.8 Å². The average molecular weight is 455 g/mol. The smallest absolute Gasteiger partial charge is 0.306 e. The predicted molar refractivity (Wildman–Crippen MR) is 132 cm³/mol. The van der Waals surface area contributed by atoms with E-state index in [0.717, 1.165) is 44.9 Å². The normalized spacial score (nSPS) is 12.2. The lowest BCUT2D eigenvalue weighted by Crippen LogP contribution is -2.28. The van der Waals surface area contributed by atoms with Crippen LogP contribution in [0.15, 0.2) is 12.2 Å². The van der Waals surface area contributed by atoms with Gasteiger partial charge in [0.25, 0.3) is 0 Å². The number of hydrogen-bond acceptors (Lipinski definition) is 5. The van der Waals surface area contributed by atoms with Crippen LogP contribution >= 0.6 is 0 Å². The van der Waals surface area contributed by atoms with Crippen molar-refractivity contribution in [1.82, 2.24) is 0 Å². The van der Waals surface area contributed by atoms with Crippen molar-refractivity contribution < 1.29 is 24.2 Å². The van der Waals surface area contributed by atoms with Gasteiger partial charge in [-0.1, -0.05) is 90.2 Å². The fourth-order valence-corrected chi connectivity index (χ4v) is 3.49. The van der Waals surface area contributed by atoms with E-state index in [2.05, 4.69) is 26.0 Å². The summed E-state index contributed by atoms with van der Waals surface area (Å²) in [6.45, 7) is 4.01. The summed E-state index contributed by atoms with van der Waals surface area (Å²) < 4.78 is 10.4. The number of carbonyl (C=O) groups is 2. The first-order valence-corrected chi connectivity index (χ1v) is 13.2. The van der Waals surface area contributed by atoms with E-state index in [0.29, 0.717) is 12.8 Å². The highest BCUT2D eigenvalue weighted by molar-refractivity contribution is 5.70.